The number of hydrogen-bond donors (Lipinski definition) is 1. The molecule has 3 aromatic rings. The van der Waals surface area contributed by atoms with E-state index in [1.165, 1.54) is 0 Å². The molecule has 2 aromatic carbocycles. The Bertz CT molecular complexity index is 1050. The van der Waals surface area contributed by atoms with Crippen LogP contribution in [0.2, 0.25) is 0 Å². The second-order valence-corrected chi connectivity index (χ2v) is 8.42. The SMILES string of the molecule is COc1ccc(-c2cn(-c3ccccc3)nc2C(=O)NCCN(C(C)C)C(C)C)cc1OC. The predicted molar refractivity (Wildman–Crippen MR) is 131 cm³/mol. The number of hydrogen-bond acceptors (Lipinski definition) is 5. The third kappa shape index (κ3) is 5.73. The van der Waals surface area contributed by atoms with E-state index in [2.05, 4.69) is 43.0 Å². The van der Waals surface area contributed by atoms with Crippen LogP contribution >= 0.6 is 0 Å². The van der Waals surface area contributed by atoms with E-state index in [9.17, 15) is 4.79 Å². The van der Waals surface area contributed by atoms with Gasteiger partial charge in [0.1, 0.15) is 0 Å². The summed E-state index contributed by atoms with van der Waals surface area (Å²) < 4.78 is 12.6. The third-order valence-corrected chi connectivity index (χ3v) is 5.63. The molecule has 1 amide bonds. The van der Waals surface area contributed by atoms with Crippen LogP contribution < -0.4 is 14.8 Å². The zero-order valence-corrected chi connectivity index (χ0v) is 20.3. The molecular formula is C26H34N4O3. The molecule has 3 rings (SSSR count). The van der Waals surface area contributed by atoms with Gasteiger partial charge in [-0.05, 0) is 57.5 Å². The van der Waals surface area contributed by atoms with Crippen LogP contribution in [0.1, 0.15) is 38.2 Å². The molecule has 0 bridgehead atoms. The first-order chi connectivity index (χ1) is 15.8. The molecule has 7 nitrogen and oxygen atoms in total. The maximum atomic E-state index is 13.2. The number of nitrogens with zero attached hydrogens (tertiary/aromatic N) is 3. The highest BCUT2D eigenvalue weighted by Crippen LogP contribution is 2.34. The number of nitrogens with one attached hydrogen (secondary N) is 1. The second-order valence-electron chi connectivity index (χ2n) is 8.42. The topological polar surface area (TPSA) is 68.6 Å². The van der Waals surface area contributed by atoms with E-state index >= 15 is 0 Å². The number of para-hydroxylation sites is 1. The van der Waals surface area contributed by atoms with Gasteiger partial charge in [-0.25, -0.2) is 4.68 Å². The number of benzene rings is 2. The minimum atomic E-state index is -0.207. The van der Waals surface area contributed by atoms with Crippen molar-refractivity contribution in [1.82, 2.24) is 20.0 Å². The highest BCUT2D eigenvalue weighted by molar-refractivity contribution is 5.99. The molecule has 0 saturated heterocycles. The average molecular weight is 451 g/mol. The number of ether oxygens (including phenoxy) is 2. The number of methoxy groups -OCH3 is 2. The first kappa shape index (κ1) is 24.3. The fraction of sp³-hybridized carbons (Fsp3) is 0.385. The van der Waals surface area contributed by atoms with E-state index in [0.29, 0.717) is 35.8 Å². The maximum Gasteiger partial charge on any atom is 0.272 e. The summed E-state index contributed by atoms with van der Waals surface area (Å²) in [6.45, 7) is 9.97. The quantitative estimate of drug-likeness (QED) is 0.496. The number of aromatic nitrogens is 2. The average Bonchev–Trinajstić information content (AvgIpc) is 3.27. The van der Waals surface area contributed by atoms with Crippen molar-refractivity contribution in [3.05, 3.63) is 60.4 Å². The molecule has 0 radical (unpaired) electrons. The lowest BCUT2D eigenvalue weighted by Gasteiger charge is -2.30. The van der Waals surface area contributed by atoms with Gasteiger partial charge in [0.25, 0.3) is 5.91 Å². The molecule has 0 aliphatic heterocycles. The molecule has 0 aliphatic rings. The van der Waals surface area contributed by atoms with Crippen LogP contribution in [0.4, 0.5) is 0 Å². The zero-order valence-electron chi connectivity index (χ0n) is 20.3. The minimum absolute atomic E-state index is 0.207. The summed E-state index contributed by atoms with van der Waals surface area (Å²) in [5.41, 5.74) is 2.80. The molecule has 176 valence electrons. The van der Waals surface area contributed by atoms with Gasteiger partial charge < -0.3 is 14.8 Å². The van der Waals surface area contributed by atoms with Gasteiger partial charge in [-0.15, -0.1) is 0 Å². The normalized spacial score (nSPS) is 11.3. The van der Waals surface area contributed by atoms with Gasteiger partial charge >= 0.3 is 0 Å². The van der Waals surface area contributed by atoms with Crippen molar-refractivity contribution in [2.75, 3.05) is 27.3 Å². The number of rotatable bonds is 10. The first-order valence-corrected chi connectivity index (χ1v) is 11.3. The van der Waals surface area contributed by atoms with E-state index in [1.54, 1.807) is 18.9 Å². The van der Waals surface area contributed by atoms with Crippen LogP contribution in [0, 0.1) is 0 Å². The van der Waals surface area contributed by atoms with Crippen molar-refractivity contribution < 1.29 is 14.3 Å². The van der Waals surface area contributed by atoms with Crippen molar-refractivity contribution in [2.45, 2.75) is 39.8 Å². The van der Waals surface area contributed by atoms with Crippen molar-refractivity contribution in [3.8, 4) is 28.3 Å². The summed E-state index contributed by atoms with van der Waals surface area (Å²) in [5.74, 6) is 1.02. The summed E-state index contributed by atoms with van der Waals surface area (Å²) in [6.07, 6.45) is 1.88. The molecule has 0 fully saturated rings. The largest absolute Gasteiger partial charge is 0.493 e. The first-order valence-electron chi connectivity index (χ1n) is 11.3. The van der Waals surface area contributed by atoms with Crippen molar-refractivity contribution in [3.63, 3.8) is 0 Å². The number of carbonyl (C=O) groups excluding carboxylic acids is 1. The smallest absolute Gasteiger partial charge is 0.272 e. The summed E-state index contributed by atoms with van der Waals surface area (Å²) in [5, 5.41) is 7.69. The molecule has 33 heavy (non-hydrogen) atoms. The van der Waals surface area contributed by atoms with Crippen LogP contribution in [0.3, 0.4) is 0 Å². The van der Waals surface area contributed by atoms with Gasteiger partial charge in [0, 0.05) is 36.9 Å². The Balaban J connectivity index is 1.93. The molecule has 1 aromatic heterocycles. The third-order valence-electron chi connectivity index (χ3n) is 5.63. The minimum Gasteiger partial charge on any atom is -0.493 e. The van der Waals surface area contributed by atoms with E-state index in [0.717, 1.165) is 23.4 Å². The van der Waals surface area contributed by atoms with E-state index in [4.69, 9.17) is 9.47 Å². The predicted octanol–water partition coefficient (Wildman–Crippen LogP) is 4.41. The fourth-order valence-corrected chi connectivity index (χ4v) is 3.96. The summed E-state index contributed by atoms with van der Waals surface area (Å²) in [7, 11) is 3.19. The van der Waals surface area contributed by atoms with E-state index in [1.807, 2.05) is 54.7 Å². The van der Waals surface area contributed by atoms with Crippen molar-refractivity contribution >= 4 is 5.91 Å². The Kier molecular flexibility index (Phi) is 8.11. The van der Waals surface area contributed by atoms with Gasteiger partial charge in [-0.3, -0.25) is 9.69 Å². The summed E-state index contributed by atoms with van der Waals surface area (Å²) >= 11 is 0. The van der Waals surface area contributed by atoms with Crippen LogP contribution in [-0.2, 0) is 0 Å². The monoisotopic (exact) mass is 450 g/mol. The van der Waals surface area contributed by atoms with Crippen LogP contribution in [0.25, 0.3) is 16.8 Å². The second kappa shape index (κ2) is 11.0. The maximum absolute atomic E-state index is 13.2. The highest BCUT2D eigenvalue weighted by Gasteiger charge is 2.21. The molecule has 0 spiro atoms. The lowest BCUT2D eigenvalue weighted by atomic mass is 10.1. The molecule has 1 heterocycles. The molecule has 0 saturated carbocycles. The molecule has 0 aliphatic carbocycles. The van der Waals surface area contributed by atoms with Crippen molar-refractivity contribution in [2.24, 2.45) is 0 Å². The van der Waals surface area contributed by atoms with Gasteiger partial charge in [0.2, 0.25) is 0 Å². The Labute approximate surface area is 196 Å². The van der Waals surface area contributed by atoms with Crippen LogP contribution in [0.5, 0.6) is 11.5 Å². The molecular weight excluding hydrogens is 416 g/mol. The zero-order chi connectivity index (χ0) is 24.0. The summed E-state index contributed by atoms with van der Waals surface area (Å²) in [4.78, 5) is 15.6. The van der Waals surface area contributed by atoms with E-state index < -0.39 is 0 Å². The van der Waals surface area contributed by atoms with Gasteiger partial charge in [0.05, 0.1) is 19.9 Å². The Morgan fingerprint density at radius 2 is 1.67 bits per heavy atom. The molecule has 1 N–H and O–H groups in total. The number of carbonyl (C=O) groups is 1. The van der Waals surface area contributed by atoms with Gasteiger partial charge in [0.15, 0.2) is 17.2 Å². The summed E-state index contributed by atoms with van der Waals surface area (Å²) in [6, 6.07) is 16.2. The standard InChI is InChI=1S/C26H34N4O3/c1-18(2)29(19(3)4)15-14-27-26(31)25-22(17-30(28-25)21-10-8-7-9-11-21)20-12-13-23(32-5)24(16-20)33-6/h7-13,16-19H,14-15H2,1-6H3,(H,27,31). The Hall–Kier alpha value is -3.32. The van der Waals surface area contributed by atoms with Gasteiger partial charge in [-0.2, -0.15) is 5.10 Å². The lowest BCUT2D eigenvalue weighted by Crippen LogP contribution is -2.42. The fourth-order valence-electron chi connectivity index (χ4n) is 3.96. The van der Waals surface area contributed by atoms with E-state index in [-0.39, 0.29) is 5.91 Å². The Morgan fingerprint density at radius 3 is 2.27 bits per heavy atom. The lowest BCUT2D eigenvalue weighted by molar-refractivity contribution is 0.0934. The van der Waals surface area contributed by atoms with Gasteiger partial charge in [-0.1, -0.05) is 24.3 Å². The molecule has 0 atom stereocenters. The van der Waals surface area contributed by atoms with Crippen LogP contribution in [0.15, 0.2) is 54.7 Å². The molecule has 0 unspecified atom stereocenters. The number of amides is 1. The highest BCUT2D eigenvalue weighted by atomic mass is 16.5. The van der Waals surface area contributed by atoms with Crippen molar-refractivity contribution in [1.29, 1.82) is 0 Å². The molecule has 7 heteroatoms. The van der Waals surface area contributed by atoms with Crippen LogP contribution in [-0.4, -0.2) is 60.0 Å². The Morgan fingerprint density at radius 1 is 1.00 bits per heavy atom.